The van der Waals surface area contributed by atoms with E-state index in [-0.39, 0.29) is 5.41 Å². The summed E-state index contributed by atoms with van der Waals surface area (Å²) in [5.74, 6) is 1.44. The van der Waals surface area contributed by atoms with Crippen molar-refractivity contribution in [3.8, 4) is 5.69 Å². The maximum absolute atomic E-state index is 4.10. The fraction of sp³-hybridized carbons (Fsp3) is 0.562. The maximum atomic E-state index is 4.10. The van der Waals surface area contributed by atoms with Crippen LogP contribution in [0.1, 0.15) is 46.0 Å². The molecule has 114 valence electrons. The molecular weight excluding hydrogens is 262 g/mol. The Labute approximate surface area is 126 Å². The summed E-state index contributed by atoms with van der Waals surface area (Å²) in [6, 6.07) is 8.43. The average molecular weight is 287 g/mol. The van der Waals surface area contributed by atoms with Crippen LogP contribution >= 0.6 is 0 Å². The Morgan fingerprint density at radius 3 is 2.38 bits per heavy atom. The fourth-order valence-electron chi connectivity index (χ4n) is 2.09. The van der Waals surface area contributed by atoms with Crippen LogP contribution in [0.4, 0.5) is 0 Å². The highest BCUT2D eigenvalue weighted by atomic mass is 15.5. The van der Waals surface area contributed by atoms with Crippen molar-refractivity contribution in [2.45, 2.75) is 46.6 Å². The Hall–Kier alpha value is -1.75. The first-order valence-electron chi connectivity index (χ1n) is 7.47. The highest BCUT2D eigenvalue weighted by molar-refractivity contribution is 5.36. The van der Waals surface area contributed by atoms with Gasteiger partial charge in [0.2, 0.25) is 0 Å². The van der Waals surface area contributed by atoms with Crippen LogP contribution in [0.2, 0.25) is 0 Å². The third-order valence-corrected chi connectivity index (χ3v) is 3.35. The van der Waals surface area contributed by atoms with E-state index in [1.165, 1.54) is 5.56 Å². The summed E-state index contributed by atoms with van der Waals surface area (Å²) in [4.78, 5) is 0. The van der Waals surface area contributed by atoms with E-state index < -0.39 is 0 Å². The summed E-state index contributed by atoms with van der Waals surface area (Å²) in [6.45, 7) is 12.6. The standard InChI is InChI=1S/C16H25N5/c1-12(2)10-17-11-15-18-19-20-21(15)14-8-6-13(7-9-14)16(3,4)5/h6-9,12,17H,10-11H2,1-5H3. The Balaban J connectivity index is 2.13. The largest absolute Gasteiger partial charge is 0.310 e. The van der Waals surface area contributed by atoms with Crippen LogP contribution in [-0.2, 0) is 12.0 Å². The van der Waals surface area contributed by atoms with Gasteiger partial charge in [-0.3, -0.25) is 0 Å². The number of nitrogens with zero attached hydrogens (tertiary/aromatic N) is 4. The van der Waals surface area contributed by atoms with E-state index in [0.29, 0.717) is 12.5 Å². The molecule has 0 unspecified atom stereocenters. The number of hydrogen-bond acceptors (Lipinski definition) is 4. The normalized spacial score (nSPS) is 12.1. The minimum atomic E-state index is 0.154. The molecule has 0 spiro atoms. The molecular formula is C16H25N5. The van der Waals surface area contributed by atoms with Gasteiger partial charge < -0.3 is 5.32 Å². The zero-order chi connectivity index (χ0) is 15.5. The van der Waals surface area contributed by atoms with E-state index >= 15 is 0 Å². The van der Waals surface area contributed by atoms with Crippen molar-refractivity contribution in [1.29, 1.82) is 0 Å². The summed E-state index contributed by atoms with van der Waals surface area (Å²) in [5.41, 5.74) is 2.45. The smallest absolute Gasteiger partial charge is 0.170 e. The first-order valence-corrected chi connectivity index (χ1v) is 7.47. The van der Waals surface area contributed by atoms with Crippen molar-refractivity contribution in [1.82, 2.24) is 25.5 Å². The first-order chi connectivity index (χ1) is 9.88. The molecule has 5 nitrogen and oxygen atoms in total. The minimum Gasteiger partial charge on any atom is -0.310 e. The summed E-state index contributed by atoms with van der Waals surface area (Å²) in [7, 11) is 0. The number of rotatable bonds is 5. The average Bonchev–Trinajstić information content (AvgIpc) is 2.86. The molecule has 0 atom stereocenters. The first kappa shape index (κ1) is 15.6. The Morgan fingerprint density at radius 2 is 1.81 bits per heavy atom. The second kappa shape index (κ2) is 6.35. The zero-order valence-corrected chi connectivity index (χ0v) is 13.6. The van der Waals surface area contributed by atoms with E-state index in [2.05, 4.69) is 79.7 Å². The maximum Gasteiger partial charge on any atom is 0.170 e. The van der Waals surface area contributed by atoms with Crippen LogP contribution in [0.3, 0.4) is 0 Å². The molecule has 1 aromatic heterocycles. The van der Waals surface area contributed by atoms with Gasteiger partial charge in [0.05, 0.1) is 12.2 Å². The summed E-state index contributed by atoms with van der Waals surface area (Å²) in [6.07, 6.45) is 0. The van der Waals surface area contributed by atoms with Gasteiger partial charge in [0.1, 0.15) is 0 Å². The number of tetrazole rings is 1. The van der Waals surface area contributed by atoms with Crippen LogP contribution in [0, 0.1) is 5.92 Å². The van der Waals surface area contributed by atoms with E-state index in [1.54, 1.807) is 4.68 Å². The van der Waals surface area contributed by atoms with Gasteiger partial charge in [-0.1, -0.05) is 46.8 Å². The minimum absolute atomic E-state index is 0.154. The molecule has 0 fully saturated rings. The van der Waals surface area contributed by atoms with E-state index in [4.69, 9.17) is 0 Å². The van der Waals surface area contributed by atoms with Gasteiger partial charge in [-0.05, 0) is 46.0 Å². The van der Waals surface area contributed by atoms with E-state index in [0.717, 1.165) is 18.1 Å². The monoisotopic (exact) mass is 287 g/mol. The summed E-state index contributed by atoms with van der Waals surface area (Å²) < 4.78 is 1.79. The van der Waals surface area contributed by atoms with Crippen molar-refractivity contribution >= 4 is 0 Å². The number of benzene rings is 1. The Kier molecular flexibility index (Phi) is 4.73. The van der Waals surface area contributed by atoms with Gasteiger partial charge in [-0.15, -0.1) is 5.10 Å². The zero-order valence-electron chi connectivity index (χ0n) is 13.6. The number of nitrogens with one attached hydrogen (secondary N) is 1. The van der Waals surface area contributed by atoms with Crippen LogP contribution < -0.4 is 5.32 Å². The summed E-state index contributed by atoms with van der Waals surface area (Å²) in [5, 5.41) is 15.4. The van der Waals surface area contributed by atoms with Crippen LogP contribution in [0.5, 0.6) is 0 Å². The highest BCUT2D eigenvalue weighted by Crippen LogP contribution is 2.23. The lowest BCUT2D eigenvalue weighted by Gasteiger charge is -2.19. The summed E-state index contributed by atoms with van der Waals surface area (Å²) >= 11 is 0. The number of hydrogen-bond donors (Lipinski definition) is 1. The van der Waals surface area contributed by atoms with Crippen molar-refractivity contribution in [2.75, 3.05) is 6.54 Å². The molecule has 1 N–H and O–H groups in total. The fourth-order valence-corrected chi connectivity index (χ4v) is 2.09. The third kappa shape index (κ3) is 4.11. The Morgan fingerprint density at radius 1 is 1.14 bits per heavy atom. The molecule has 2 aromatic rings. The van der Waals surface area contributed by atoms with Crippen LogP contribution in [-0.4, -0.2) is 26.8 Å². The molecule has 2 rings (SSSR count). The lowest BCUT2D eigenvalue weighted by molar-refractivity contribution is 0.537. The molecule has 0 bridgehead atoms. The van der Waals surface area contributed by atoms with Gasteiger partial charge in [-0.25, -0.2) is 0 Å². The van der Waals surface area contributed by atoms with Crippen LogP contribution in [0.15, 0.2) is 24.3 Å². The van der Waals surface area contributed by atoms with Gasteiger partial charge >= 0.3 is 0 Å². The SMILES string of the molecule is CC(C)CNCc1nnnn1-c1ccc(C(C)(C)C)cc1. The molecule has 1 heterocycles. The molecule has 5 heteroatoms. The van der Waals surface area contributed by atoms with E-state index in [1.807, 2.05) is 0 Å². The second-order valence-corrected chi connectivity index (χ2v) is 6.83. The van der Waals surface area contributed by atoms with Crippen molar-refractivity contribution in [2.24, 2.45) is 5.92 Å². The van der Waals surface area contributed by atoms with Gasteiger partial charge in [0.15, 0.2) is 5.82 Å². The van der Waals surface area contributed by atoms with Crippen molar-refractivity contribution in [3.05, 3.63) is 35.7 Å². The molecule has 21 heavy (non-hydrogen) atoms. The molecule has 0 saturated heterocycles. The third-order valence-electron chi connectivity index (χ3n) is 3.35. The molecule has 0 aliphatic carbocycles. The highest BCUT2D eigenvalue weighted by Gasteiger charge is 2.14. The van der Waals surface area contributed by atoms with Gasteiger partial charge in [-0.2, -0.15) is 4.68 Å². The molecule has 0 aliphatic heterocycles. The van der Waals surface area contributed by atoms with Crippen LogP contribution in [0.25, 0.3) is 5.69 Å². The molecule has 1 aromatic carbocycles. The van der Waals surface area contributed by atoms with Crippen molar-refractivity contribution in [3.63, 3.8) is 0 Å². The molecule has 0 aliphatic rings. The predicted octanol–water partition coefficient (Wildman–Crippen LogP) is 2.71. The predicted molar refractivity (Wildman–Crippen MR) is 84.4 cm³/mol. The van der Waals surface area contributed by atoms with Crippen molar-refractivity contribution < 1.29 is 0 Å². The topological polar surface area (TPSA) is 55.6 Å². The quantitative estimate of drug-likeness (QED) is 0.918. The van der Waals surface area contributed by atoms with Gasteiger partial charge in [0.25, 0.3) is 0 Å². The molecule has 0 amide bonds. The van der Waals surface area contributed by atoms with Gasteiger partial charge in [0, 0.05) is 0 Å². The van der Waals surface area contributed by atoms with E-state index in [9.17, 15) is 0 Å². The number of aromatic nitrogens is 4. The molecule has 0 saturated carbocycles. The molecule has 0 radical (unpaired) electrons. The lowest BCUT2D eigenvalue weighted by Crippen LogP contribution is -2.21. The second-order valence-electron chi connectivity index (χ2n) is 6.83. The lowest BCUT2D eigenvalue weighted by atomic mass is 9.87. The Bertz CT molecular complexity index is 563.